The molecule has 3 rings (SSSR count). The van der Waals surface area contributed by atoms with Gasteiger partial charge >= 0.3 is 0 Å². The topological polar surface area (TPSA) is 23.6 Å². The lowest BCUT2D eigenvalue weighted by Gasteiger charge is -2.37. The molecule has 0 aromatic rings. The number of hydrogen-bond acceptors (Lipinski definition) is 2. The number of amides is 1. The first-order valence-corrected chi connectivity index (χ1v) is 7.77. The minimum atomic E-state index is 0.357. The summed E-state index contributed by atoms with van der Waals surface area (Å²) in [7, 11) is 0. The molecule has 0 bridgehead atoms. The van der Waals surface area contributed by atoms with E-state index in [-0.39, 0.29) is 0 Å². The molecular formula is C15H26N2O. The third-order valence-electron chi connectivity index (χ3n) is 5.16. The Balaban J connectivity index is 1.50. The molecule has 3 nitrogen and oxygen atoms in total. The maximum atomic E-state index is 12.3. The molecule has 1 aliphatic heterocycles. The van der Waals surface area contributed by atoms with Gasteiger partial charge in [-0.25, -0.2) is 0 Å². The molecule has 3 heteroatoms. The molecule has 0 radical (unpaired) electrons. The van der Waals surface area contributed by atoms with Gasteiger partial charge in [0.05, 0.1) is 0 Å². The maximum Gasteiger partial charge on any atom is 0.225 e. The van der Waals surface area contributed by atoms with Crippen LogP contribution >= 0.6 is 0 Å². The molecule has 0 spiro atoms. The van der Waals surface area contributed by atoms with Crippen molar-refractivity contribution < 1.29 is 4.79 Å². The van der Waals surface area contributed by atoms with E-state index >= 15 is 0 Å². The van der Waals surface area contributed by atoms with Crippen molar-refractivity contribution >= 4 is 5.91 Å². The van der Waals surface area contributed by atoms with E-state index in [0.717, 1.165) is 44.4 Å². The Morgan fingerprint density at radius 3 is 2.39 bits per heavy atom. The normalized spacial score (nSPS) is 34.6. The van der Waals surface area contributed by atoms with E-state index in [2.05, 4.69) is 16.7 Å². The van der Waals surface area contributed by atoms with Crippen LogP contribution in [-0.4, -0.2) is 47.9 Å². The van der Waals surface area contributed by atoms with Crippen molar-refractivity contribution in [2.75, 3.05) is 26.2 Å². The zero-order chi connectivity index (χ0) is 12.5. The zero-order valence-electron chi connectivity index (χ0n) is 11.6. The Morgan fingerprint density at radius 1 is 1.00 bits per heavy atom. The molecule has 0 atom stereocenters. The average molecular weight is 250 g/mol. The fraction of sp³-hybridized carbons (Fsp3) is 0.933. The third-order valence-corrected chi connectivity index (χ3v) is 5.16. The molecule has 1 saturated heterocycles. The summed E-state index contributed by atoms with van der Waals surface area (Å²) in [4.78, 5) is 17.1. The molecule has 0 aromatic carbocycles. The monoisotopic (exact) mass is 250 g/mol. The van der Waals surface area contributed by atoms with E-state index in [0.29, 0.717) is 11.8 Å². The van der Waals surface area contributed by atoms with Crippen LogP contribution < -0.4 is 0 Å². The van der Waals surface area contributed by atoms with Crippen molar-refractivity contribution in [3.63, 3.8) is 0 Å². The van der Waals surface area contributed by atoms with E-state index in [4.69, 9.17) is 0 Å². The summed E-state index contributed by atoms with van der Waals surface area (Å²) < 4.78 is 0. The molecular weight excluding hydrogens is 224 g/mol. The highest BCUT2D eigenvalue weighted by Gasteiger charge is 2.35. The SMILES string of the molecule is CC1CC(C(=O)N2CCCN(C3CCC3)CC2)C1. The van der Waals surface area contributed by atoms with Gasteiger partial charge in [-0.15, -0.1) is 0 Å². The summed E-state index contributed by atoms with van der Waals surface area (Å²) in [5.74, 6) is 1.58. The van der Waals surface area contributed by atoms with Crippen LogP contribution in [0.5, 0.6) is 0 Å². The molecule has 102 valence electrons. The van der Waals surface area contributed by atoms with Gasteiger partial charge in [-0.3, -0.25) is 9.69 Å². The number of hydrogen-bond donors (Lipinski definition) is 0. The van der Waals surface area contributed by atoms with Crippen LogP contribution in [-0.2, 0) is 4.79 Å². The van der Waals surface area contributed by atoms with Crippen molar-refractivity contribution in [3.05, 3.63) is 0 Å². The van der Waals surface area contributed by atoms with E-state index in [1.165, 1.54) is 32.2 Å². The summed E-state index contributed by atoms with van der Waals surface area (Å²) in [6.45, 7) is 6.53. The van der Waals surface area contributed by atoms with Gasteiger partial charge in [-0.1, -0.05) is 13.3 Å². The van der Waals surface area contributed by atoms with Gasteiger partial charge < -0.3 is 4.90 Å². The summed E-state index contributed by atoms with van der Waals surface area (Å²) in [6, 6.07) is 0.837. The van der Waals surface area contributed by atoms with Gasteiger partial charge in [-0.2, -0.15) is 0 Å². The molecule has 3 fully saturated rings. The van der Waals surface area contributed by atoms with Gasteiger partial charge in [0, 0.05) is 38.1 Å². The second-order valence-corrected chi connectivity index (χ2v) is 6.57. The lowest BCUT2D eigenvalue weighted by Crippen LogP contribution is -2.45. The second kappa shape index (κ2) is 5.20. The standard InChI is InChI=1S/C15H26N2O/c1-12-10-13(11-12)15(18)17-7-3-6-16(8-9-17)14-4-2-5-14/h12-14H,2-11H2,1H3. The average Bonchev–Trinajstić information content (AvgIpc) is 2.48. The van der Waals surface area contributed by atoms with E-state index in [1.54, 1.807) is 0 Å². The highest BCUT2D eigenvalue weighted by molar-refractivity contribution is 5.79. The highest BCUT2D eigenvalue weighted by atomic mass is 16.2. The van der Waals surface area contributed by atoms with Crippen molar-refractivity contribution in [3.8, 4) is 0 Å². The minimum absolute atomic E-state index is 0.357. The fourth-order valence-corrected chi connectivity index (χ4v) is 3.64. The molecule has 2 aliphatic carbocycles. The van der Waals surface area contributed by atoms with Gasteiger partial charge in [-0.05, 0) is 38.0 Å². The van der Waals surface area contributed by atoms with Crippen molar-refractivity contribution in [2.45, 2.75) is 51.5 Å². The number of nitrogens with zero attached hydrogens (tertiary/aromatic N) is 2. The molecule has 0 unspecified atom stereocenters. The highest BCUT2D eigenvalue weighted by Crippen LogP contribution is 2.34. The van der Waals surface area contributed by atoms with Gasteiger partial charge in [0.15, 0.2) is 0 Å². The lowest BCUT2D eigenvalue weighted by molar-refractivity contribution is -0.139. The molecule has 0 aromatic heterocycles. The fourth-order valence-electron chi connectivity index (χ4n) is 3.64. The van der Waals surface area contributed by atoms with Crippen LogP contribution in [0.25, 0.3) is 0 Å². The molecule has 0 N–H and O–H groups in total. The Morgan fingerprint density at radius 2 is 1.78 bits per heavy atom. The summed E-state index contributed by atoms with van der Waals surface area (Å²) in [5.41, 5.74) is 0. The quantitative estimate of drug-likeness (QED) is 0.749. The first-order chi connectivity index (χ1) is 8.74. The van der Waals surface area contributed by atoms with E-state index in [9.17, 15) is 4.79 Å². The first-order valence-electron chi connectivity index (χ1n) is 7.77. The Labute approximate surface area is 111 Å². The second-order valence-electron chi connectivity index (χ2n) is 6.57. The van der Waals surface area contributed by atoms with Crippen LogP contribution in [0.15, 0.2) is 0 Å². The molecule has 18 heavy (non-hydrogen) atoms. The lowest BCUT2D eigenvalue weighted by atomic mass is 9.75. The number of rotatable bonds is 2. The minimum Gasteiger partial charge on any atom is -0.341 e. The van der Waals surface area contributed by atoms with Gasteiger partial charge in [0.25, 0.3) is 0 Å². The maximum absolute atomic E-state index is 12.3. The van der Waals surface area contributed by atoms with E-state index < -0.39 is 0 Å². The first kappa shape index (κ1) is 12.5. The van der Waals surface area contributed by atoms with Crippen molar-refractivity contribution in [2.24, 2.45) is 11.8 Å². The number of carbonyl (C=O) groups is 1. The summed E-state index contributed by atoms with van der Waals surface area (Å²) >= 11 is 0. The molecule has 2 saturated carbocycles. The Hall–Kier alpha value is -0.570. The zero-order valence-corrected chi connectivity index (χ0v) is 11.6. The molecule has 1 heterocycles. The summed E-state index contributed by atoms with van der Waals surface area (Å²) in [5, 5.41) is 0. The molecule has 1 amide bonds. The van der Waals surface area contributed by atoms with Gasteiger partial charge in [0.1, 0.15) is 0 Å². The largest absolute Gasteiger partial charge is 0.341 e. The predicted molar refractivity (Wildman–Crippen MR) is 72.3 cm³/mol. The molecule has 3 aliphatic rings. The van der Waals surface area contributed by atoms with Crippen LogP contribution in [0, 0.1) is 11.8 Å². The van der Waals surface area contributed by atoms with Gasteiger partial charge in [0.2, 0.25) is 5.91 Å². The van der Waals surface area contributed by atoms with E-state index in [1.807, 2.05) is 0 Å². The number of carbonyl (C=O) groups excluding carboxylic acids is 1. The Bertz CT molecular complexity index is 308. The van der Waals surface area contributed by atoms with Crippen LogP contribution in [0.4, 0.5) is 0 Å². The van der Waals surface area contributed by atoms with Crippen LogP contribution in [0.2, 0.25) is 0 Å². The van der Waals surface area contributed by atoms with Crippen molar-refractivity contribution in [1.29, 1.82) is 0 Å². The predicted octanol–water partition coefficient (Wildman–Crippen LogP) is 2.12. The smallest absolute Gasteiger partial charge is 0.225 e. The summed E-state index contributed by atoms with van der Waals surface area (Å²) in [6.07, 6.45) is 7.60. The van der Waals surface area contributed by atoms with Crippen LogP contribution in [0.1, 0.15) is 45.4 Å². The third kappa shape index (κ3) is 2.42. The Kier molecular flexibility index (Phi) is 3.60. The van der Waals surface area contributed by atoms with Crippen molar-refractivity contribution in [1.82, 2.24) is 9.80 Å². The van der Waals surface area contributed by atoms with Crippen LogP contribution in [0.3, 0.4) is 0 Å².